The molecule has 0 heterocycles. The fraction of sp³-hybridized carbons (Fsp3) is 0.304. The lowest BCUT2D eigenvalue weighted by atomic mass is 9.49. The molecule has 2 N–H and O–H groups in total. The van der Waals surface area contributed by atoms with Crippen molar-refractivity contribution in [1.29, 1.82) is 0 Å². The Labute approximate surface area is 187 Å². The van der Waals surface area contributed by atoms with Crippen LogP contribution in [-0.4, -0.2) is 20.5 Å². The van der Waals surface area contributed by atoms with Crippen LogP contribution in [0.2, 0.25) is 5.02 Å². The fourth-order valence-electron chi connectivity index (χ4n) is 4.31. The molecule has 8 heteroatoms. The van der Waals surface area contributed by atoms with E-state index in [4.69, 9.17) is 11.6 Å². The van der Waals surface area contributed by atoms with Gasteiger partial charge in [-0.15, -0.1) is 0 Å². The van der Waals surface area contributed by atoms with Gasteiger partial charge in [-0.2, -0.15) is 5.10 Å². The zero-order valence-corrected chi connectivity index (χ0v) is 18.9. The van der Waals surface area contributed by atoms with E-state index in [1.807, 2.05) is 0 Å². The van der Waals surface area contributed by atoms with E-state index in [1.165, 1.54) is 24.6 Å². The molecule has 0 aliphatic heterocycles. The summed E-state index contributed by atoms with van der Waals surface area (Å²) in [5.74, 6) is 0.733. The minimum atomic E-state index is -3.86. The van der Waals surface area contributed by atoms with E-state index in [-0.39, 0.29) is 15.9 Å². The van der Waals surface area contributed by atoms with Gasteiger partial charge in [0, 0.05) is 16.3 Å². The maximum absolute atomic E-state index is 12.7. The van der Waals surface area contributed by atoms with Gasteiger partial charge in [-0.3, -0.25) is 9.52 Å². The third kappa shape index (κ3) is 4.38. The summed E-state index contributed by atoms with van der Waals surface area (Å²) >= 11 is 5.83. The van der Waals surface area contributed by atoms with E-state index in [0.717, 1.165) is 17.9 Å². The van der Waals surface area contributed by atoms with Crippen molar-refractivity contribution in [2.75, 3.05) is 4.72 Å². The second kappa shape index (κ2) is 8.13. The van der Waals surface area contributed by atoms with Crippen LogP contribution in [0.25, 0.3) is 0 Å². The highest BCUT2D eigenvalue weighted by atomic mass is 35.5. The Balaban J connectivity index is 1.43. The number of nitrogens with one attached hydrogen (secondary N) is 2. The number of fused-ring (bicyclic) bond motifs is 1. The molecular weight excluding hydrogens is 434 g/mol. The molecule has 1 amide bonds. The number of allylic oxidation sites excluding steroid dienone is 2. The molecule has 0 radical (unpaired) electrons. The molecule has 3 aliphatic carbocycles. The standard InChI is InChI=1S/C23H24ClN3O3S/c1-23(2)17-7-6-16(21(23)13-17)14-25-26-22(28)15-4-3-5-20(12-15)31(29,30)27-19-10-8-18(24)9-11-19/h3-6,8-12,14,17,21,27H,7,13H2,1-2H3,(H,26,28)/b25-14+. The third-order valence-electron chi connectivity index (χ3n) is 6.39. The van der Waals surface area contributed by atoms with E-state index < -0.39 is 15.9 Å². The molecule has 2 unspecified atom stereocenters. The van der Waals surface area contributed by atoms with Gasteiger partial charge in [0.05, 0.1) is 11.1 Å². The van der Waals surface area contributed by atoms with E-state index >= 15 is 0 Å². The normalized spacial score (nSPS) is 21.8. The Morgan fingerprint density at radius 2 is 1.94 bits per heavy atom. The topological polar surface area (TPSA) is 87.6 Å². The Hall–Kier alpha value is -2.64. The Morgan fingerprint density at radius 1 is 1.19 bits per heavy atom. The molecule has 2 aromatic carbocycles. The van der Waals surface area contributed by atoms with E-state index in [0.29, 0.717) is 16.6 Å². The maximum Gasteiger partial charge on any atom is 0.271 e. The summed E-state index contributed by atoms with van der Waals surface area (Å²) in [5, 5.41) is 4.62. The SMILES string of the molecule is CC1(C)C2CC=C(/C=N/NC(=O)c3cccc(S(=O)(=O)Nc4ccc(Cl)cc4)c3)C1C2. The molecule has 0 aromatic heterocycles. The predicted molar refractivity (Wildman–Crippen MR) is 123 cm³/mol. The van der Waals surface area contributed by atoms with Crippen molar-refractivity contribution in [3.8, 4) is 0 Å². The van der Waals surface area contributed by atoms with Gasteiger partial charge in [0.1, 0.15) is 0 Å². The summed E-state index contributed by atoms with van der Waals surface area (Å²) in [6.45, 7) is 4.55. The molecule has 31 heavy (non-hydrogen) atoms. The van der Waals surface area contributed by atoms with Crippen molar-refractivity contribution in [3.05, 3.63) is 70.8 Å². The first-order chi connectivity index (χ1) is 14.7. The van der Waals surface area contributed by atoms with Crippen molar-refractivity contribution >= 4 is 39.4 Å². The molecule has 1 saturated carbocycles. The number of nitrogens with zero attached hydrogens (tertiary/aromatic N) is 1. The smallest absolute Gasteiger partial charge is 0.271 e. The van der Waals surface area contributed by atoms with Crippen LogP contribution >= 0.6 is 11.6 Å². The molecule has 3 aliphatic rings. The molecular formula is C23H24ClN3O3S. The third-order valence-corrected chi connectivity index (χ3v) is 8.02. The van der Waals surface area contributed by atoms with Crippen LogP contribution in [-0.2, 0) is 10.0 Å². The first kappa shape index (κ1) is 21.6. The quantitative estimate of drug-likeness (QED) is 0.480. The summed E-state index contributed by atoms with van der Waals surface area (Å²) in [6.07, 6.45) is 6.11. The van der Waals surface area contributed by atoms with Crippen LogP contribution in [0.1, 0.15) is 37.0 Å². The van der Waals surface area contributed by atoms with Crippen LogP contribution in [0, 0.1) is 17.3 Å². The zero-order chi connectivity index (χ0) is 22.2. The first-order valence-corrected chi connectivity index (χ1v) is 11.9. The molecule has 6 nitrogen and oxygen atoms in total. The lowest BCUT2D eigenvalue weighted by Gasteiger charge is -2.55. The van der Waals surface area contributed by atoms with Gasteiger partial charge in [-0.1, -0.05) is 37.6 Å². The fourth-order valence-corrected chi connectivity index (χ4v) is 5.54. The van der Waals surface area contributed by atoms with Crippen LogP contribution in [0.3, 0.4) is 0 Å². The Bertz CT molecular complexity index is 1170. The number of sulfonamides is 1. The molecule has 5 rings (SSSR count). The maximum atomic E-state index is 12.7. The lowest BCUT2D eigenvalue weighted by molar-refractivity contribution is -0.00126. The Kier molecular flexibility index (Phi) is 5.66. The van der Waals surface area contributed by atoms with Crippen molar-refractivity contribution in [3.63, 3.8) is 0 Å². The number of hydrogen-bond donors (Lipinski definition) is 2. The minimum absolute atomic E-state index is 0.0173. The van der Waals surface area contributed by atoms with Crippen LogP contribution in [0.4, 0.5) is 5.69 Å². The molecule has 1 fully saturated rings. The van der Waals surface area contributed by atoms with Gasteiger partial charge in [-0.05, 0) is 78.1 Å². The largest absolute Gasteiger partial charge is 0.280 e. The predicted octanol–water partition coefficient (Wildman–Crippen LogP) is 4.85. The monoisotopic (exact) mass is 457 g/mol. The number of benzene rings is 2. The van der Waals surface area contributed by atoms with Crippen LogP contribution in [0.5, 0.6) is 0 Å². The molecule has 2 aromatic rings. The molecule has 2 atom stereocenters. The number of carbonyl (C=O) groups excluding carboxylic acids is 1. The van der Waals surface area contributed by atoms with Crippen LogP contribution < -0.4 is 10.1 Å². The molecule has 0 spiro atoms. The van der Waals surface area contributed by atoms with Crippen molar-refractivity contribution in [1.82, 2.24) is 5.43 Å². The molecule has 162 valence electrons. The highest BCUT2D eigenvalue weighted by molar-refractivity contribution is 7.92. The number of hydrazone groups is 1. The highest BCUT2D eigenvalue weighted by Gasteiger charge is 2.50. The number of rotatable bonds is 6. The average Bonchev–Trinajstić information content (AvgIpc) is 2.75. The van der Waals surface area contributed by atoms with Crippen molar-refractivity contribution in [2.24, 2.45) is 22.4 Å². The average molecular weight is 458 g/mol. The molecule has 0 saturated heterocycles. The number of anilines is 1. The van der Waals surface area contributed by atoms with Gasteiger partial charge >= 0.3 is 0 Å². The summed E-state index contributed by atoms with van der Waals surface area (Å²) in [4.78, 5) is 12.5. The van der Waals surface area contributed by atoms with Gasteiger partial charge in [0.2, 0.25) is 0 Å². The second-order valence-electron chi connectivity index (χ2n) is 8.59. The van der Waals surface area contributed by atoms with Gasteiger partial charge in [0.25, 0.3) is 15.9 Å². The number of hydrogen-bond acceptors (Lipinski definition) is 4. The highest BCUT2D eigenvalue weighted by Crippen LogP contribution is 2.58. The summed E-state index contributed by atoms with van der Waals surface area (Å²) in [7, 11) is -3.86. The first-order valence-electron chi connectivity index (χ1n) is 10.1. The minimum Gasteiger partial charge on any atom is -0.280 e. The van der Waals surface area contributed by atoms with Crippen LogP contribution in [0.15, 0.2) is 70.2 Å². The summed E-state index contributed by atoms with van der Waals surface area (Å²) < 4.78 is 27.8. The second-order valence-corrected chi connectivity index (χ2v) is 10.7. The number of amides is 1. The summed E-state index contributed by atoms with van der Waals surface area (Å²) in [5.41, 5.74) is 4.52. The van der Waals surface area contributed by atoms with E-state index in [2.05, 4.69) is 35.2 Å². The van der Waals surface area contributed by atoms with Crippen molar-refractivity contribution in [2.45, 2.75) is 31.6 Å². The lowest BCUT2D eigenvalue weighted by Crippen LogP contribution is -2.48. The zero-order valence-electron chi connectivity index (χ0n) is 17.3. The Morgan fingerprint density at radius 3 is 2.61 bits per heavy atom. The number of halogens is 1. The van der Waals surface area contributed by atoms with Gasteiger partial charge < -0.3 is 0 Å². The molecule has 2 bridgehead atoms. The number of carbonyl (C=O) groups is 1. The summed E-state index contributed by atoms with van der Waals surface area (Å²) in [6, 6.07) is 12.1. The van der Waals surface area contributed by atoms with Gasteiger partial charge in [-0.25, -0.2) is 13.8 Å². The van der Waals surface area contributed by atoms with Crippen molar-refractivity contribution < 1.29 is 13.2 Å². The van der Waals surface area contributed by atoms with E-state index in [9.17, 15) is 13.2 Å². The van der Waals surface area contributed by atoms with Gasteiger partial charge in [0.15, 0.2) is 0 Å². The van der Waals surface area contributed by atoms with E-state index in [1.54, 1.807) is 36.5 Å².